The molecule has 1 rings (SSSR count). The van der Waals surface area contributed by atoms with Crippen molar-refractivity contribution in [2.24, 2.45) is 0 Å². The molecule has 0 atom stereocenters. The van der Waals surface area contributed by atoms with Gasteiger partial charge in [-0.1, -0.05) is 52.8 Å². The Balaban J connectivity index is 2.45. The summed E-state index contributed by atoms with van der Waals surface area (Å²) >= 11 is 3.34. The lowest BCUT2D eigenvalue weighted by molar-refractivity contribution is 0.996. The summed E-state index contributed by atoms with van der Waals surface area (Å²) in [5.41, 5.74) is 1.37. The number of hydrogen-bond acceptors (Lipinski definition) is 0. The summed E-state index contributed by atoms with van der Waals surface area (Å²) in [6.45, 7) is 3.79. The van der Waals surface area contributed by atoms with Crippen LogP contribution in [-0.4, -0.2) is 0 Å². The van der Waals surface area contributed by atoms with Crippen LogP contribution in [0.25, 0.3) is 0 Å². The highest BCUT2D eigenvalue weighted by Gasteiger charge is 1.91. The topological polar surface area (TPSA) is 0 Å². The third-order valence-corrected chi connectivity index (χ3v) is 1.92. The molecule has 0 aliphatic heterocycles. The first kappa shape index (κ1) is 8.54. The smallest absolute Gasteiger partial charge is 0.0118 e. The quantitative estimate of drug-likeness (QED) is 0.717. The third-order valence-electron chi connectivity index (χ3n) is 1.53. The van der Waals surface area contributed by atoms with Crippen LogP contribution in [0.2, 0.25) is 0 Å². The highest BCUT2D eigenvalue weighted by Crippen LogP contribution is 2.11. The second kappa shape index (κ2) is 4.35. The Hall–Kier alpha value is -0.560. The molecule has 0 aromatic heterocycles. The molecule has 11 heavy (non-hydrogen) atoms. The van der Waals surface area contributed by atoms with E-state index in [0.717, 1.165) is 17.3 Å². The second-order valence-electron chi connectivity index (χ2n) is 2.50. The molecule has 0 amide bonds. The molecule has 0 aliphatic rings. The Morgan fingerprint density at radius 3 is 2.45 bits per heavy atom. The van der Waals surface area contributed by atoms with Gasteiger partial charge in [0.2, 0.25) is 0 Å². The van der Waals surface area contributed by atoms with Crippen molar-refractivity contribution in [2.45, 2.75) is 12.8 Å². The van der Waals surface area contributed by atoms with E-state index >= 15 is 0 Å². The number of benzene rings is 1. The van der Waals surface area contributed by atoms with Crippen LogP contribution in [0.5, 0.6) is 0 Å². The Morgan fingerprint density at radius 1 is 1.27 bits per heavy atom. The van der Waals surface area contributed by atoms with E-state index in [1.165, 1.54) is 5.56 Å². The Morgan fingerprint density at radius 2 is 1.91 bits per heavy atom. The maximum atomic E-state index is 3.79. The molecule has 0 bridgehead atoms. The molecule has 1 heteroatoms. The average Bonchev–Trinajstić information content (AvgIpc) is 2.03. The normalized spacial score (nSPS) is 9.55. The van der Waals surface area contributed by atoms with Gasteiger partial charge in [0.05, 0.1) is 0 Å². The van der Waals surface area contributed by atoms with Crippen molar-refractivity contribution in [2.75, 3.05) is 0 Å². The molecule has 0 saturated heterocycles. The van der Waals surface area contributed by atoms with E-state index in [0.29, 0.717) is 0 Å². The van der Waals surface area contributed by atoms with Gasteiger partial charge in [0.25, 0.3) is 0 Å². The van der Waals surface area contributed by atoms with Crippen LogP contribution in [0.3, 0.4) is 0 Å². The highest BCUT2D eigenvalue weighted by molar-refractivity contribution is 9.11. The molecule has 0 N–H and O–H groups in total. The Kier molecular flexibility index (Phi) is 3.37. The molecule has 0 aliphatic carbocycles. The first-order chi connectivity index (χ1) is 5.29. The van der Waals surface area contributed by atoms with Crippen LogP contribution in [0.15, 0.2) is 41.4 Å². The van der Waals surface area contributed by atoms with Gasteiger partial charge in [0.15, 0.2) is 0 Å². The number of allylic oxidation sites excluding steroid dienone is 1. The minimum atomic E-state index is 1.02. The van der Waals surface area contributed by atoms with Gasteiger partial charge in [-0.3, -0.25) is 0 Å². The zero-order valence-electron chi connectivity index (χ0n) is 6.39. The number of hydrogen-bond donors (Lipinski definition) is 0. The molecule has 0 spiro atoms. The van der Waals surface area contributed by atoms with Crippen molar-refractivity contribution in [1.29, 1.82) is 0 Å². The van der Waals surface area contributed by atoms with E-state index in [1.807, 2.05) is 6.07 Å². The van der Waals surface area contributed by atoms with Crippen molar-refractivity contribution in [3.05, 3.63) is 47.0 Å². The van der Waals surface area contributed by atoms with Gasteiger partial charge in [-0.05, 0) is 22.9 Å². The summed E-state index contributed by atoms with van der Waals surface area (Å²) in [6, 6.07) is 10.4. The standard InChI is InChI=1S/C10H11Br/c1-9(11)7-8-10-5-3-2-4-6-10/h2-6H,1,7-8H2. The molecule has 0 unspecified atom stereocenters. The minimum Gasteiger partial charge on any atom is -0.0888 e. The van der Waals surface area contributed by atoms with Gasteiger partial charge in [-0.2, -0.15) is 0 Å². The number of halogens is 1. The number of rotatable bonds is 3. The summed E-state index contributed by atoms with van der Waals surface area (Å²) in [7, 11) is 0. The lowest BCUT2D eigenvalue weighted by Crippen LogP contribution is -1.82. The van der Waals surface area contributed by atoms with Gasteiger partial charge < -0.3 is 0 Å². The SMILES string of the molecule is C=C(Br)CCc1ccccc1. The maximum absolute atomic E-state index is 3.79. The zero-order valence-corrected chi connectivity index (χ0v) is 7.97. The first-order valence-electron chi connectivity index (χ1n) is 3.66. The minimum absolute atomic E-state index is 1.02. The van der Waals surface area contributed by atoms with Crippen LogP contribution in [-0.2, 0) is 6.42 Å². The summed E-state index contributed by atoms with van der Waals surface area (Å²) in [6.07, 6.45) is 2.09. The fourth-order valence-electron chi connectivity index (χ4n) is 0.925. The van der Waals surface area contributed by atoms with E-state index in [9.17, 15) is 0 Å². The Labute approximate surface area is 76.1 Å². The van der Waals surface area contributed by atoms with Crippen molar-refractivity contribution < 1.29 is 0 Å². The summed E-state index contributed by atoms with van der Waals surface area (Å²) < 4.78 is 1.07. The van der Waals surface area contributed by atoms with E-state index < -0.39 is 0 Å². The Bertz CT molecular complexity index is 226. The fraction of sp³-hybridized carbons (Fsp3) is 0.200. The summed E-state index contributed by atoms with van der Waals surface area (Å²) in [5.74, 6) is 0. The molecule has 1 aromatic carbocycles. The fourth-order valence-corrected chi connectivity index (χ4v) is 1.12. The average molecular weight is 211 g/mol. The van der Waals surface area contributed by atoms with E-state index in [2.05, 4.69) is 46.8 Å². The molecule has 58 valence electrons. The summed E-state index contributed by atoms with van der Waals surface area (Å²) in [5, 5.41) is 0. The van der Waals surface area contributed by atoms with Gasteiger partial charge in [-0.25, -0.2) is 0 Å². The summed E-state index contributed by atoms with van der Waals surface area (Å²) in [4.78, 5) is 0. The van der Waals surface area contributed by atoms with Gasteiger partial charge in [-0.15, -0.1) is 0 Å². The highest BCUT2D eigenvalue weighted by atomic mass is 79.9. The largest absolute Gasteiger partial charge is 0.0888 e. The number of aryl methyl sites for hydroxylation is 1. The van der Waals surface area contributed by atoms with Crippen molar-refractivity contribution in [3.8, 4) is 0 Å². The van der Waals surface area contributed by atoms with Crippen LogP contribution in [0.4, 0.5) is 0 Å². The predicted octanol–water partition coefficient (Wildman–Crippen LogP) is 3.53. The van der Waals surface area contributed by atoms with Crippen LogP contribution >= 0.6 is 15.9 Å². The van der Waals surface area contributed by atoms with Crippen LogP contribution in [0, 0.1) is 0 Å². The van der Waals surface area contributed by atoms with E-state index in [4.69, 9.17) is 0 Å². The van der Waals surface area contributed by atoms with Gasteiger partial charge >= 0.3 is 0 Å². The predicted molar refractivity (Wildman–Crippen MR) is 52.8 cm³/mol. The zero-order chi connectivity index (χ0) is 8.10. The second-order valence-corrected chi connectivity index (χ2v) is 3.62. The van der Waals surface area contributed by atoms with Crippen LogP contribution < -0.4 is 0 Å². The lowest BCUT2D eigenvalue weighted by atomic mass is 10.1. The first-order valence-corrected chi connectivity index (χ1v) is 4.45. The maximum Gasteiger partial charge on any atom is -0.0118 e. The molecule has 0 heterocycles. The van der Waals surface area contributed by atoms with Crippen molar-refractivity contribution in [1.82, 2.24) is 0 Å². The lowest BCUT2D eigenvalue weighted by Gasteiger charge is -1.97. The molecular formula is C10H11Br. The molecular weight excluding hydrogens is 200 g/mol. The van der Waals surface area contributed by atoms with E-state index in [1.54, 1.807) is 0 Å². The van der Waals surface area contributed by atoms with Crippen LogP contribution in [0.1, 0.15) is 12.0 Å². The monoisotopic (exact) mass is 210 g/mol. The molecule has 0 nitrogen and oxygen atoms in total. The van der Waals surface area contributed by atoms with Crippen molar-refractivity contribution in [3.63, 3.8) is 0 Å². The third kappa shape index (κ3) is 3.38. The molecule has 0 radical (unpaired) electrons. The molecule has 0 fully saturated rings. The van der Waals surface area contributed by atoms with Gasteiger partial charge in [0.1, 0.15) is 0 Å². The molecule has 0 saturated carbocycles. The van der Waals surface area contributed by atoms with E-state index in [-0.39, 0.29) is 0 Å². The van der Waals surface area contributed by atoms with Crippen molar-refractivity contribution >= 4 is 15.9 Å². The van der Waals surface area contributed by atoms with Gasteiger partial charge in [0, 0.05) is 0 Å². The molecule has 1 aromatic rings.